The first kappa shape index (κ1) is 21.7. The SMILES string of the molecule is CC[C@@H](CO)Nc1nc(N(C)c2ccc(-c3ccccn3)cc2)c2ncn(C(C)C)c2n1. The largest absolute Gasteiger partial charge is 0.394 e. The highest BCUT2D eigenvalue weighted by molar-refractivity contribution is 5.87. The van der Waals surface area contributed by atoms with E-state index in [0.29, 0.717) is 11.8 Å². The van der Waals surface area contributed by atoms with Crippen LogP contribution < -0.4 is 10.2 Å². The van der Waals surface area contributed by atoms with Gasteiger partial charge < -0.3 is 19.9 Å². The molecule has 3 aromatic heterocycles. The molecule has 8 heteroatoms. The van der Waals surface area contributed by atoms with E-state index < -0.39 is 0 Å². The summed E-state index contributed by atoms with van der Waals surface area (Å²) in [6.45, 7) is 6.22. The molecule has 1 aromatic carbocycles. The molecule has 0 aliphatic heterocycles. The van der Waals surface area contributed by atoms with Crippen molar-refractivity contribution < 1.29 is 5.11 Å². The molecule has 0 aliphatic carbocycles. The fourth-order valence-corrected chi connectivity index (χ4v) is 3.55. The summed E-state index contributed by atoms with van der Waals surface area (Å²) in [5.41, 5.74) is 4.46. The van der Waals surface area contributed by atoms with Crippen molar-refractivity contribution in [2.75, 3.05) is 23.9 Å². The summed E-state index contributed by atoms with van der Waals surface area (Å²) in [4.78, 5) is 20.5. The van der Waals surface area contributed by atoms with Gasteiger partial charge in [0.15, 0.2) is 17.0 Å². The summed E-state index contributed by atoms with van der Waals surface area (Å²) in [5.74, 6) is 1.18. The topological polar surface area (TPSA) is 92.0 Å². The molecule has 4 aromatic rings. The predicted octanol–water partition coefficient (Wildman–Crippen LogP) is 4.42. The Morgan fingerprint density at radius 1 is 1.06 bits per heavy atom. The Labute approximate surface area is 188 Å². The van der Waals surface area contributed by atoms with Crippen LogP contribution in [-0.2, 0) is 0 Å². The molecule has 1 atom stereocenters. The van der Waals surface area contributed by atoms with E-state index in [-0.39, 0.29) is 18.7 Å². The van der Waals surface area contributed by atoms with Crippen molar-refractivity contribution in [3.63, 3.8) is 0 Å². The number of rotatable bonds is 8. The van der Waals surface area contributed by atoms with Crippen LogP contribution in [0, 0.1) is 0 Å². The predicted molar refractivity (Wildman–Crippen MR) is 128 cm³/mol. The molecule has 32 heavy (non-hydrogen) atoms. The zero-order valence-corrected chi connectivity index (χ0v) is 18.9. The number of hydrogen-bond acceptors (Lipinski definition) is 7. The molecule has 2 N–H and O–H groups in total. The molecule has 0 saturated heterocycles. The van der Waals surface area contributed by atoms with Crippen LogP contribution in [0.2, 0.25) is 0 Å². The molecule has 0 radical (unpaired) electrons. The third kappa shape index (κ3) is 4.27. The van der Waals surface area contributed by atoms with Crippen LogP contribution in [0.1, 0.15) is 33.2 Å². The maximum absolute atomic E-state index is 9.63. The maximum atomic E-state index is 9.63. The van der Waals surface area contributed by atoms with Crippen LogP contribution in [0.4, 0.5) is 17.5 Å². The van der Waals surface area contributed by atoms with Crippen molar-refractivity contribution in [2.24, 2.45) is 0 Å². The Morgan fingerprint density at radius 3 is 2.47 bits per heavy atom. The van der Waals surface area contributed by atoms with Gasteiger partial charge in [-0.05, 0) is 44.5 Å². The Morgan fingerprint density at radius 2 is 1.84 bits per heavy atom. The minimum absolute atomic E-state index is 0.0154. The van der Waals surface area contributed by atoms with E-state index >= 15 is 0 Å². The van der Waals surface area contributed by atoms with Crippen LogP contribution in [0.25, 0.3) is 22.4 Å². The van der Waals surface area contributed by atoms with Gasteiger partial charge in [-0.3, -0.25) is 4.98 Å². The second-order valence-electron chi connectivity index (χ2n) is 8.04. The Kier molecular flexibility index (Phi) is 6.32. The average molecular weight is 432 g/mol. The molecule has 0 unspecified atom stereocenters. The van der Waals surface area contributed by atoms with Crippen molar-refractivity contribution in [3.05, 3.63) is 55.0 Å². The molecule has 8 nitrogen and oxygen atoms in total. The van der Waals surface area contributed by atoms with Crippen LogP contribution in [-0.4, -0.2) is 49.3 Å². The first-order chi connectivity index (χ1) is 15.5. The van der Waals surface area contributed by atoms with Gasteiger partial charge in [0.2, 0.25) is 5.95 Å². The average Bonchev–Trinajstić information content (AvgIpc) is 3.26. The summed E-state index contributed by atoms with van der Waals surface area (Å²) in [5, 5.41) is 12.9. The number of nitrogens with zero attached hydrogens (tertiary/aromatic N) is 6. The van der Waals surface area contributed by atoms with Gasteiger partial charge >= 0.3 is 0 Å². The zero-order chi connectivity index (χ0) is 22.7. The number of fused-ring (bicyclic) bond motifs is 1. The summed E-state index contributed by atoms with van der Waals surface area (Å²) < 4.78 is 2.03. The molecule has 0 amide bonds. The monoisotopic (exact) mass is 431 g/mol. The number of nitrogens with one attached hydrogen (secondary N) is 1. The number of benzene rings is 1. The Bertz CT molecular complexity index is 1170. The molecule has 4 rings (SSSR count). The molecule has 0 spiro atoms. The summed E-state index contributed by atoms with van der Waals surface area (Å²) in [6, 6.07) is 14.2. The highest BCUT2D eigenvalue weighted by atomic mass is 16.3. The third-order valence-electron chi connectivity index (χ3n) is 5.54. The van der Waals surface area contributed by atoms with Gasteiger partial charge in [0.05, 0.1) is 24.7 Å². The summed E-state index contributed by atoms with van der Waals surface area (Å²) in [6.07, 6.45) is 4.36. The van der Waals surface area contributed by atoms with E-state index in [1.807, 2.05) is 53.8 Å². The lowest BCUT2D eigenvalue weighted by Gasteiger charge is -2.21. The van der Waals surface area contributed by atoms with Crippen molar-refractivity contribution >= 4 is 28.6 Å². The quantitative estimate of drug-likeness (QED) is 0.427. The molecule has 3 heterocycles. The number of aromatic nitrogens is 5. The minimum Gasteiger partial charge on any atom is -0.394 e. The molecule has 0 saturated carbocycles. The van der Waals surface area contributed by atoms with Gasteiger partial charge in [0.1, 0.15) is 0 Å². The number of anilines is 3. The zero-order valence-electron chi connectivity index (χ0n) is 18.9. The fraction of sp³-hybridized carbons (Fsp3) is 0.333. The number of pyridine rings is 1. The van der Waals surface area contributed by atoms with Gasteiger partial charge in [0, 0.05) is 30.5 Å². The molecular weight excluding hydrogens is 402 g/mol. The molecule has 0 fully saturated rings. The molecular formula is C24H29N7O. The number of hydrogen-bond donors (Lipinski definition) is 2. The van der Waals surface area contributed by atoms with Gasteiger partial charge in [0.25, 0.3) is 0 Å². The van der Waals surface area contributed by atoms with E-state index in [4.69, 9.17) is 9.97 Å². The van der Waals surface area contributed by atoms with Crippen LogP contribution in [0.3, 0.4) is 0 Å². The highest BCUT2D eigenvalue weighted by Gasteiger charge is 2.19. The molecule has 166 valence electrons. The second-order valence-corrected chi connectivity index (χ2v) is 8.04. The highest BCUT2D eigenvalue weighted by Crippen LogP contribution is 2.31. The van der Waals surface area contributed by atoms with Crippen LogP contribution in [0.5, 0.6) is 0 Å². The van der Waals surface area contributed by atoms with Crippen molar-refractivity contribution in [1.29, 1.82) is 0 Å². The van der Waals surface area contributed by atoms with Crippen LogP contribution >= 0.6 is 0 Å². The number of aliphatic hydroxyl groups excluding tert-OH is 1. The fourth-order valence-electron chi connectivity index (χ4n) is 3.55. The number of aliphatic hydroxyl groups is 1. The van der Waals surface area contributed by atoms with Gasteiger partial charge in [-0.1, -0.05) is 25.1 Å². The van der Waals surface area contributed by atoms with E-state index in [2.05, 4.69) is 41.3 Å². The van der Waals surface area contributed by atoms with Gasteiger partial charge in [-0.25, -0.2) is 4.98 Å². The third-order valence-corrected chi connectivity index (χ3v) is 5.54. The van der Waals surface area contributed by atoms with Crippen molar-refractivity contribution in [2.45, 2.75) is 39.3 Å². The minimum atomic E-state index is -0.112. The Hall–Kier alpha value is -3.52. The first-order valence-electron chi connectivity index (χ1n) is 10.9. The van der Waals surface area contributed by atoms with E-state index in [9.17, 15) is 5.11 Å². The second kappa shape index (κ2) is 9.32. The first-order valence-corrected chi connectivity index (χ1v) is 10.9. The van der Waals surface area contributed by atoms with Gasteiger partial charge in [-0.2, -0.15) is 9.97 Å². The van der Waals surface area contributed by atoms with Gasteiger partial charge in [-0.15, -0.1) is 0 Å². The van der Waals surface area contributed by atoms with E-state index in [1.54, 1.807) is 12.5 Å². The normalized spacial score (nSPS) is 12.3. The summed E-state index contributed by atoms with van der Waals surface area (Å²) >= 11 is 0. The van der Waals surface area contributed by atoms with Crippen molar-refractivity contribution in [3.8, 4) is 11.3 Å². The van der Waals surface area contributed by atoms with Crippen molar-refractivity contribution in [1.82, 2.24) is 24.5 Å². The molecule has 0 aliphatic rings. The molecule has 0 bridgehead atoms. The van der Waals surface area contributed by atoms with E-state index in [1.165, 1.54) is 0 Å². The lowest BCUT2D eigenvalue weighted by Crippen LogP contribution is -2.24. The van der Waals surface area contributed by atoms with E-state index in [0.717, 1.165) is 34.5 Å². The maximum Gasteiger partial charge on any atom is 0.227 e. The smallest absolute Gasteiger partial charge is 0.227 e. The Balaban J connectivity index is 1.74. The number of imidazole rings is 1. The van der Waals surface area contributed by atoms with Crippen LogP contribution in [0.15, 0.2) is 55.0 Å². The lowest BCUT2D eigenvalue weighted by atomic mass is 10.1. The standard InChI is InChI=1S/C24H29N7O/c1-5-18(14-32)27-24-28-22(21-23(29-24)31(15-26-21)16(2)3)30(4)19-11-9-17(10-12-19)20-8-6-7-13-25-20/h6-13,15-16,18,32H,5,14H2,1-4H3,(H,27,28,29)/t18-/m0/s1. The lowest BCUT2D eigenvalue weighted by molar-refractivity contribution is 0.271. The summed E-state index contributed by atoms with van der Waals surface area (Å²) in [7, 11) is 1.97.